The minimum absolute atomic E-state index is 0.854. The largest absolute Gasteiger partial charge is 0.477 e. The Kier molecular flexibility index (Phi) is 38.4. The number of hydrogen-bond donors (Lipinski definition) is 33. The lowest BCUT2D eigenvalue weighted by Gasteiger charge is -2.51. The third kappa shape index (κ3) is 24.1. The van der Waals surface area contributed by atoms with E-state index in [4.69, 9.17) is 90.0 Å². The minimum Gasteiger partial charge on any atom is -0.477 e. The van der Waals surface area contributed by atoms with Crippen LogP contribution in [-0.2, 0) is 119 Å². The van der Waals surface area contributed by atoms with Crippen LogP contribution in [0.2, 0.25) is 0 Å². The van der Waals surface area contributed by atoms with Crippen LogP contribution in [-0.4, -0.2) is 550 Å². The van der Waals surface area contributed by atoms with E-state index in [1.165, 1.54) is 6.92 Å². The summed E-state index contributed by atoms with van der Waals surface area (Å²) in [7, 11) is 0. The summed E-state index contributed by atoms with van der Waals surface area (Å²) in [5, 5.41) is 327. The number of rotatable bonds is 35. The lowest BCUT2D eigenvalue weighted by Crippen LogP contribution is -2.71. The lowest BCUT2D eigenvalue weighted by atomic mass is 9.88. The highest BCUT2D eigenvalue weighted by molar-refractivity contribution is 5.77. The third-order valence-corrected chi connectivity index (χ3v) is 23.8. The van der Waals surface area contributed by atoms with Gasteiger partial charge in [0.05, 0.1) is 77.7 Å². The molecule has 0 saturated carbocycles. The van der Waals surface area contributed by atoms with Crippen molar-refractivity contribution < 1.29 is 262 Å². The summed E-state index contributed by atoms with van der Waals surface area (Å²) in [6.07, 6.45) is -98.6. The van der Waals surface area contributed by atoms with E-state index in [2.05, 4.69) is 26.6 Å². The highest BCUT2D eigenvalue weighted by atomic mass is 16.8. The Morgan fingerprint density at radius 2 is 0.679 bits per heavy atom. The molecule has 58 heteroatoms. The second-order valence-corrected chi connectivity index (χ2v) is 33.2. The Morgan fingerprint density at radius 1 is 0.328 bits per heavy atom. The topological polar surface area (TPSA) is 904 Å². The molecular formula is C73H121N5O53. The zero-order valence-corrected chi connectivity index (χ0v) is 70.7. The van der Waals surface area contributed by atoms with Crippen molar-refractivity contribution in [3.63, 3.8) is 0 Å². The Morgan fingerprint density at radius 3 is 1.15 bits per heavy atom. The summed E-state index contributed by atoms with van der Waals surface area (Å²) in [4.78, 5) is 77.2. The molecule has 0 aromatic rings. The van der Waals surface area contributed by atoms with Crippen LogP contribution in [0.5, 0.6) is 0 Å². The maximum absolute atomic E-state index is 13.3. The van der Waals surface area contributed by atoms with E-state index in [1.807, 2.05) is 0 Å². The van der Waals surface area contributed by atoms with Gasteiger partial charge < -0.3 is 260 Å². The SMILES string of the molecule is CC(=O)N[C@@H]1[C@@H](O)[C@H](O[C@@H]2O[C@H](CO)[C@@H](O[C@@H]3O[C@H](CO[C@H]4O[C@H](CO)[C@@H](O)[C@H](O)[C@@H]4O[C@@H]4O[C@H](CO)[C@@H](O)[C@H](O)[C@H]4NC(C)=O)[C@@H](O)[C@H](O[C@H]4O[C@H](CO)[C@@H](O)[C@H](O)[C@@H]4O[C@@H]4O[C@H](CO)[C@@H](O[C@@H]5O[C@H](CO)[C@H](O)[C@H](O[C@]6(C(=O)O)C[C@H](O)[C@@H](NC(C)=O)[C@H]([C@H](O)[C@H](O)CO)O6)[C@H]5O)[C@H](O)[C@H]4NC(C)=O)[C@@H]3O)[C@H](O)[C@H]2NC(C)=O)[C@@H](CO[C@@H]2O[C@@H](C)[C@@H](O)[C@@H](O)[C@@H]2O)O[C@H]1O. The summed E-state index contributed by atoms with van der Waals surface area (Å²) in [6, 6.07) is -9.52. The molecule has 10 rings (SSSR count). The lowest BCUT2D eigenvalue weighted by molar-refractivity contribution is -0.401. The number of nitrogens with one attached hydrogen (secondary N) is 5. The van der Waals surface area contributed by atoms with Crippen LogP contribution in [0, 0.1) is 0 Å². The van der Waals surface area contributed by atoms with Crippen molar-refractivity contribution in [3.8, 4) is 0 Å². The van der Waals surface area contributed by atoms with Crippen molar-refractivity contribution in [2.24, 2.45) is 0 Å². The smallest absolute Gasteiger partial charge is 0.364 e. The fraction of sp³-hybridized carbons (Fsp3) is 0.918. The molecule has 5 amide bonds. The van der Waals surface area contributed by atoms with Crippen LogP contribution in [0.25, 0.3) is 0 Å². The van der Waals surface area contributed by atoms with Crippen molar-refractivity contribution in [1.82, 2.24) is 26.6 Å². The van der Waals surface area contributed by atoms with Gasteiger partial charge >= 0.3 is 5.97 Å². The molecule has 0 radical (unpaired) electrons. The molecule has 10 heterocycles. The fourth-order valence-electron chi connectivity index (χ4n) is 16.9. The van der Waals surface area contributed by atoms with Gasteiger partial charge in [0.15, 0.2) is 56.6 Å². The van der Waals surface area contributed by atoms with E-state index in [0.29, 0.717) is 0 Å². The van der Waals surface area contributed by atoms with Crippen molar-refractivity contribution in [3.05, 3.63) is 0 Å². The van der Waals surface area contributed by atoms with Crippen LogP contribution in [0.3, 0.4) is 0 Å². The molecule has 0 aliphatic carbocycles. The molecule has 10 aliphatic rings. The molecular weight excluding hydrogens is 1790 g/mol. The molecule has 10 aliphatic heterocycles. The van der Waals surface area contributed by atoms with E-state index in [1.54, 1.807) is 0 Å². The number of amides is 5. The minimum atomic E-state index is -3.33. The van der Waals surface area contributed by atoms with E-state index in [9.17, 15) is 172 Å². The van der Waals surface area contributed by atoms with Crippen molar-refractivity contribution in [1.29, 1.82) is 0 Å². The highest BCUT2D eigenvalue weighted by Gasteiger charge is 2.64. The van der Waals surface area contributed by atoms with Crippen LogP contribution in [0.4, 0.5) is 0 Å². The molecule has 0 bridgehead atoms. The van der Waals surface area contributed by atoms with Gasteiger partial charge in [-0.1, -0.05) is 0 Å². The fourth-order valence-corrected chi connectivity index (χ4v) is 16.9. The van der Waals surface area contributed by atoms with Crippen LogP contribution in [0.1, 0.15) is 48.0 Å². The number of aliphatic hydroxyl groups excluding tert-OH is 27. The summed E-state index contributed by atoms with van der Waals surface area (Å²) in [5.74, 6) is -10.2. The predicted molar refractivity (Wildman–Crippen MR) is 403 cm³/mol. The molecule has 131 heavy (non-hydrogen) atoms. The number of carboxylic acids is 1. The van der Waals surface area contributed by atoms with E-state index in [0.717, 1.165) is 34.6 Å². The first-order valence-electron chi connectivity index (χ1n) is 41.6. The molecule has 58 nitrogen and oxygen atoms in total. The van der Waals surface area contributed by atoms with E-state index in [-0.39, 0.29) is 0 Å². The third-order valence-electron chi connectivity index (χ3n) is 23.8. The van der Waals surface area contributed by atoms with Crippen LogP contribution in [0.15, 0.2) is 0 Å². The van der Waals surface area contributed by atoms with Crippen molar-refractivity contribution in [2.45, 2.75) is 360 Å². The summed E-state index contributed by atoms with van der Waals surface area (Å²) < 4.78 is 113. The molecule has 10 fully saturated rings. The molecule has 10 saturated heterocycles. The molecule has 756 valence electrons. The molecule has 0 aromatic carbocycles. The van der Waals surface area contributed by atoms with Gasteiger partial charge in [-0.25, -0.2) is 4.79 Å². The monoisotopic (exact) mass is 1920 g/mol. The molecule has 33 N–H and O–H groups in total. The first kappa shape index (κ1) is 108. The van der Waals surface area contributed by atoms with E-state index < -0.39 is 414 Å². The maximum atomic E-state index is 13.3. The quantitative estimate of drug-likeness (QED) is 0.0280. The van der Waals surface area contributed by atoms with Crippen LogP contribution >= 0.6 is 0 Å². The normalized spacial score (nSPS) is 47.5. The first-order chi connectivity index (χ1) is 61.7. The molecule has 51 atom stereocenters. The number of carbonyl (C=O) groups is 6. The average Bonchev–Trinajstić information content (AvgIpc) is 0.747. The summed E-state index contributed by atoms with van der Waals surface area (Å²) >= 11 is 0. The predicted octanol–water partition coefficient (Wildman–Crippen LogP) is -21.9. The summed E-state index contributed by atoms with van der Waals surface area (Å²) in [6.45, 7) is -4.61. The second kappa shape index (κ2) is 46.6. The van der Waals surface area contributed by atoms with Gasteiger partial charge in [0.2, 0.25) is 29.5 Å². The van der Waals surface area contributed by atoms with Gasteiger partial charge in [-0.05, 0) is 6.92 Å². The molecule has 0 aromatic heterocycles. The highest BCUT2D eigenvalue weighted by Crippen LogP contribution is 2.43. The number of hydrogen-bond acceptors (Lipinski definition) is 52. The van der Waals surface area contributed by atoms with Gasteiger partial charge in [0, 0.05) is 41.0 Å². The Hall–Kier alpha value is -5.02. The number of aliphatic carboxylic acids is 1. The van der Waals surface area contributed by atoms with Gasteiger partial charge in [-0.3, -0.25) is 24.0 Å². The van der Waals surface area contributed by atoms with Crippen molar-refractivity contribution in [2.75, 3.05) is 59.5 Å². The maximum Gasteiger partial charge on any atom is 0.364 e. The van der Waals surface area contributed by atoms with E-state index >= 15 is 0 Å². The first-order valence-corrected chi connectivity index (χ1v) is 41.6. The molecule has 0 unspecified atom stereocenters. The Bertz CT molecular complexity index is 3670. The molecule has 0 spiro atoms. The number of carboxylic acid groups (broad SMARTS) is 1. The number of aliphatic hydroxyl groups is 27. The Balaban J connectivity index is 0.975. The van der Waals surface area contributed by atoms with Gasteiger partial charge in [0.25, 0.3) is 5.79 Å². The zero-order valence-electron chi connectivity index (χ0n) is 70.7. The van der Waals surface area contributed by atoms with Crippen molar-refractivity contribution >= 4 is 35.5 Å². The standard InChI is InChI=1S/C73H121N5O53/c1-17-38(93)49(104)52(107)67(115-17)113-16-32-57(46(101)34(63(110)116-32)75-19(3)87)124-65-36(77-21(5)89)47(102)55(29(13-84)121-65)125-68-53(108)59(44(99)31(123-68)15-114-70-61(50(105)41(96)26(10-81)119-70)128-64-35(76-20(4)88)45(100)40(95)25(9-80)117-64)127-71-62(51(106)42(97)27(11-82)120-71)129-66-37(78-22(6)90)48(103)56(30(14-85)122-66)126-69-54(109)60(43(98)28(12-83)118-69)131-73(72(111)112)7-23(91)33(74-18(2)86)58(130-73)39(94)24(92)8-79/h17,23-71,79-85,91-110H,7-16H2,1-6H3,(H,74,86)(H,75,87)(H,76,88)(H,77,89)(H,78,90)(H,111,112)/t17-,23-,24+,25+,26+,27+,28+,29+,30+,31+,32+,33+,34+,35+,36+,37+,38+,39+,40+,41+,42+,43-,44+,45+,46+,47+,48+,49+,50-,51-,52-,53-,54+,55+,56+,57+,58+,59-,60-,61-,62-,63+,64-,65-,66-,67+,68-,69-,70-,71+,73-/m0/s1. The number of ether oxygens (including phenoxy) is 19. The van der Waals surface area contributed by atoms with Gasteiger partial charge in [-0.15, -0.1) is 0 Å². The number of carbonyl (C=O) groups excluding carboxylic acids is 5. The van der Waals surface area contributed by atoms with Gasteiger partial charge in [-0.2, -0.15) is 0 Å². The average molecular weight is 1920 g/mol. The Labute approximate surface area is 741 Å². The zero-order chi connectivity index (χ0) is 96.9. The summed E-state index contributed by atoms with van der Waals surface area (Å²) in [5.41, 5.74) is 0. The van der Waals surface area contributed by atoms with Gasteiger partial charge in [0.1, 0.15) is 232 Å². The second-order valence-electron chi connectivity index (χ2n) is 33.2. The van der Waals surface area contributed by atoms with Crippen LogP contribution < -0.4 is 26.6 Å².